The largest absolute Gasteiger partial charge is 0.453 e. The number of fused-ring (bicyclic) bond motifs is 6. The van der Waals surface area contributed by atoms with Gasteiger partial charge in [0, 0.05) is 46.4 Å². The van der Waals surface area contributed by atoms with Crippen molar-refractivity contribution >= 4 is 34.9 Å². The second-order valence-corrected chi connectivity index (χ2v) is 18.4. The predicted octanol–water partition coefficient (Wildman–Crippen LogP) is 8.18. The minimum absolute atomic E-state index is 0.0315. The van der Waals surface area contributed by atoms with Gasteiger partial charge in [0.2, 0.25) is 11.8 Å². The van der Waals surface area contributed by atoms with Crippen molar-refractivity contribution in [1.29, 1.82) is 0 Å². The summed E-state index contributed by atoms with van der Waals surface area (Å²) in [7, 11) is 2.50. The highest BCUT2D eigenvalue weighted by molar-refractivity contribution is 5.90. The molecule has 2 saturated heterocycles. The Balaban J connectivity index is 0.978. The summed E-state index contributed by atoms with van der Waals surface area (Å²) in [5.74, 6) is -3.56. The van der Waals surface area contributed by atoms with Crippen LogP contribution in [0.4, 0.5) is 18.4 Å². The maximum atomic E-state index is 16.7. The van der Waals surface area contributed by atoms with E-state index in [4.69, 9.17) is 9.47 Å². The topological polar surface area (TPSA) is 179 Å². The maximum Gasteiger partial charge on any atom is 0.407 e. The second kappa shape index (κ2) is 16.8. The fourth-order valence-corrected chi connectivity index (χ4v) is 10.6. The number of halogens is 2. The van der Waals surface area contributed by atoms with E-state index in [1.54, 1.807) is 59.6 Å². The standard InChI is InChI=1S/C49H53F2N7O7/c1-24(2)41(55-47(62)64-5)45(60)57-17-7-8-39(57)44-52-23-38(54-44)28-12-15-32-31-14-10-26(19-34(31)49(50,51)35(32)20-28)27-11-16-33-36(21-27)53-37(22-40(33)59)43-29-9-13-30(18-29)58(43)46(61)42(25(3)4)56-48(63)65-6/h10-12,14-16,19-25,29-30,39,41-43H,7-9,13,17-18H2,1-6H3,(H,52,54)(H,53,59)(H,55,62)(H,56,63)/t29-,30+,39-,41-,42-,43-/m0/s1. The summed E-state index contributed by atoms with van der Waals surface area (Å²) < 4.78 is 42.9. The SMILES string of the molecule is COC(=O)N[C@H](C(=O)N1CCC[C@H]1c1ncc(-c2ccc3c(c2)C(F)(F)c2cc(-c4ccc5c(=O)cc([C@@H]6[C@H]7CC[C@H](C7)N6C(=O)[C@@H](NC(=O)OC)C(C)C)[nH]c5c4)ccc2-3)[nH]1)C(C)C. The molecule has 3 aromatic carbocycles. The lowest BCUT2D eigenvalue weighted by Gasteiger charge is -2.38. The molecule has 340 valence electrons. The molecule has 3 fully saturated rings. The van der Waals surface area contributed by atoms with Crippen molar-refractivity contribution in [3.05, 3.63) is 99.7 Å². The summed E-state index contributed by atoms with van der Waals surface area (Å²) in [5, 5.41) is 5.78. The molecular formula is C49H53F2N7O7. The number of aromatic amines is 2. The van der Waals surface area contributed by atoms with Crippen LogP contribution in [0.2, 0.25) is 0 Å². The van der Waals surface area contributed by atoms with Gasteiger partial charge in [0.25, 0.3) is 5.92 Å². The molecule has 4 amide bonds. The minimum Gasteiger partial charge on any atom is -0.453 e. The fraction of sp³-hybridized carbons (Fsp3) is 0.429. The summed E-state index contributed by atoms with van der Waals surface area (Å²) in [6.07, 6.45) is 4.10. The number of alkyl carbamates (subject to hydrolysis) is 2. The third-order valence-corrected chi connectivity index (χ3v) is 13.9. The maximum absolute atomic E-state index is 16.7. The number of hydrogen-bond donors (Lipinski definition) is 4. The van der Waals surface area contributed by atoms with Crippen LogP contribution in [0.1, 0.15) is 94.5 Å². The van der Waals surface area contributed by atoms with Gasteiger partial charge in [-0.15, -0.1) is 0 Å². The van der Waals surface area contributed by atoms with Crippen LogP contribution >= 0.6 is 0 Å². The Hall–Kier alpha value is -6.58. The molecule has 9 rings (SSSR count). The van der Waals surface area contributed by atoms with Crippen molar-refractivity contribution in [1.82, 2.24) is 35.4 Å². The van der Waals surface area contributed by atoms with Crippen molar-refractivity contribution in [2.24, 2.45) is 17.8 Å². The highest BCUT2D eigenvalue weighted by atomic mass is 19.3. The summed E-state index contributed by atoms with van der Waals surface area (Å²) >= 11 is 0. The number of nitrogens with one attached hydrogen (secondary N) is 4. The third kappa shape index (κ3) is 7.59. The number of methoxy groups -OCH3 is 2. The number of likely N-dealkylation sites (tertiary alicyclic amines) is 2. The van der Waals surface area contributed by atoms with Crippen molar-refractivity contribution in [3.63, 3.8) is 0 Å². The van der Waals surface area contributed by atoms with Crippen molar-refractivity contribution in [2.45, 2.75) is 95.9 Å². The monoisotopic (exact) mass is 889 g/mol. The predicted molar refractivity (Wildman–Crippen MR) is 239 cm³/mol. The number of alkyl halides is 2. The average Bonchev–Trinajstić information content (AvgIpc) is 4.16. The quantitative estimate of drug-likeness (QED) is 0.108. The van der Waals surface area contributed by atoms with Crippen LogP contribution in [0.3, 0.4) is 0 Å². The molecule has 2 bridgehead atoms. The molecule has 14 nitrogen and oxygen atoms in total. The molecule has 0 spiro atoms. The van der Waals surface area contributed by atoms with Gasteiger partial charge < -0.3 is 39.9 Å². The van der Waals surface area contributed by atoms with Gasteiger partial charge in [-0.1, -0.05) is 58.0 Å². The molecular weight excluding hydrogens is 837 g/mol. The number of hydrogen-bond acceptors (Lipinski definition) is 8. The molecule has 0 unspecified atom stereocenters. The van der Waals surface area contributed by atoms with Gasteiger partial charge in [0.15, 0.2) is 5.43 Å². The average molecular weight is 890 g/mol. The third-order valence-electron chi connectivity index (χ3n) is 13.9. The zero-order valence-corrected chi connectivity index (χ0v) is 37.2. The normalized spacial score (nSPS) is 21.4. The lowest BCUT2D eigenvalue weighted by Crippen LogP contribution is -2.54. The number of benzene rings is 3. The molecule has 5 aromatic rings. The molecule has 4 aliphatic rings. The molecule has 1 saturated carbocycles. The lowest BCUT2D eigenvalue weighted by atomic mass is 9.92. The number of pyridine rings is 1. The molecule has 4 N–H and O–H groups in total. The molecule has 16 heteroatoms. The molecule has 2 aliphatic carbocycles. The van der Waals surface area contributed by atoms with E-state index in [0.29, 0.717) is 68.9 Å². The number of rotatable bonds is 10. The Morgan fingerprint density at radius 3 is 2.06 bits per heavy atom. The number of amides is 4. The number of carbonyl (C=O) groups excluding carboxylic acids is 4. The Morgan fingerprint density at radius 2 is 1.40 bits per heavy atom. The van der Waals surface area contributed by atoms with Gasteiger partial charge in [-0.25, -0.2) is 14.6 Å². The number of imidazole rings is 1. The second-order valence-electron chi connectivity index (χ2n) is 18.4. The number of nitrogens with zero attached hydrogens (tertiary/aromatic N) is 3. The molecule has 4 heterocycles. The van der Waals surface area contributed by atoms with Gasteiger partial charge in [-0.05, 0) is 96.4 Å². The van der Waals surface area contributed by atoms with E-state index < -0.39 is 36.2 Å². The summed E-state index contributed by atoms with van der Waals surface area (Å²) in [5.41, 5.74) is 3.70. The zero-order valence-electron chi connectivity index (χ0n) is 37.2. The number of aromatic nitrogens is 3. The van der Waals surface area contributed by atoms with Crippen LogP contribution in [-0.2, 0) is 25.0 Å². The van der Waals surface area contributed by atoms with Crippen LogP contribution in [0.5, 0.6) is 0 Å². The highest BCUT2D eigenvalue weighted by Crippen LogP contribution is 2.53. The summed E-state index contributed by atoms with van der Waals surface area (Å²) in [6.45, 7) is 7.89. The van der Waals surface area contributed by atoms with E-state index >= 15 is 8.78 Å². The van der Waals surface area contributed by atoms with Crippen molar-refractivity contribution < 1.29 is 37.4 Å². The summed E-state index contributed by atoms with van der Waals surface area (Å²) in [6, 6.07) is 14.4. The Bertz CT molecular complexity index is 2780. The Morgan fingerprint density at radius 1 is 0.785 bits per heavy atom. The fourth-order valence-electron chi connectivity index (χ4n) is 10.6. The molecule has 0 radical (unpaired) electrons. The molecule has 2 aromatic heterocycles. The highest BCUT2D eigenvalue weighted by Gasteiger charge is 2.51. The van der Waals surface area contributed by atoms with E-state index in [9.17, 15) is 24.0 Å². The lowest BCUT2D eigenvalue weighted by molar-refractivity contribution is -0.139. The number of ether oxygens (including phenoxy) is 2. The molecule has 2 aliphatic heterocycles. The van der Waals surface area contributed by atoms with E-state index in [2.05, 4.69) is 25.6 Å². The molecule has 6 atom stereocenters. The van der Waals surface area contributed by atoms with E-state index in [-0.39, 0.29) is 58.2 Å². The van der Waals surface area contributed by atoms with Gasteiger partial charge >= 0.3 is 12.2 Å². The minimum atomic E-state index is -3.33. The smallest absolute Gasteiger partial charge is 0.407 e. The first-order chi connectivity index (χ1) is 31.1. The van der Waals surface area contributed by atoms with Crippen LogP contribution < -0.4 is 16.1 Å². The summed E-state index contributed by atoms with van der Waals surface area (Å²) in [4.78, 5) is 80.6. The van der Waals surface area contributed by atoms with Crippen LogP contribution in [0.15, 0.2) is 71.7 Å². The number of H-pyrrole nitrogens is 2. The Labute approximate surface area is 374 Å². The van der Waals surface area contributed by atoms with Gasteiger partial charge in [-0.3, -0.25) is 14.4 Å². The van der Waals surface area contributed by atoms with E-state index in [0.717, 1.165) is 25.7 Å². The van der Waals surface area contributed by atoms with Crippen molar-refractivity contribution in [2.75, 3.05) is 20.8 Å². The first kappa shape index (κ1) is 43.7. The van der Waals surface area contributed by atoms with Crippen molar-refractivity contribution in [3.8, 4) is 33.5 Å². The Kier molecular flexibility index (Phi) is 11.3. The van der Waals surface area contributed by atoms with Crippen LogP contribution in [-0.4, -0.2) is 87.6 Å². The first-order valence-electron chi connectivity index (χ1n) is 22.3. The van der Waals surface area contributed by atoms with Crippen LogP contribution in [0, 0.1) is 17.8 Å². The molecule has 65 heavy (non-hydrogen) atoms. The van der Waals surface area contributed by atoms with E-state index in [1.807, 2.05) is 32.6 Å². The van der Waals surface area contributed by atoms with Gasteiger partial charge in [-0.2, -0.15) is 8.78 Å². The van der Waals surface area contributed by atoms with Crippen LogP contribution in [0.25, 0.3) is 44.4 Å². The number of piperidine rings is 1. The van der Waals surface area contributed by atoms with Gasteiger partial charge in [0.05, 0.1) is 43.7 Å². The number of carbonyl (C=O) groups is 4. The van der Waals surface area contributed by atoms with Gasteiger partial charge in [0.1, 0.15) is 17.9 Å². The zero-order chi connectivity index (χ0) is 46.1. The first-order valence-corrected chi connectivity index (χ1v) is 22.3. The van der Waals surface area contributed by atoms with E-state index in [1.165, 1.54) is 26.4 Å².